The molecule has 0 radical (unpaired) electrons. The van der Waals surface area contributed by atoms with Gasteiger partial charge in [0.15, 0.2) is 5.82 Å². The molecule has 10 heteroatoms. The molecule has 5 N–H and O–H groups in total. The Morgan fingerprint density at radius 1 is 1.29 bits per heavy atom. The number of hydrogen-bond acceptors (Lipinski definition) is 6. The van der Waals surface area contributed by atoms with Gasteiger partial charge in [0.05, 0.1) is 17.6 Å². The Morgan fingerprint density at radius 3 is 2.84 bits per heavy atom. The fourth-order valence-electron chi connectivity index (χ4n) is 3.47. The van der Waals surface area contributed by atoms with Crippen LogP contribution in [0.15, 0.2) is 36.5 Å². The first-order valence-electron chi connectivity index (χ1n) is 9.94. The summed E-state index contributed by atoms with van der Waals surface area (Å²) in [5, 5.41) is 9.10. The molecule has 2 amide bonds. The molecule has 0 aliphatic heterocycles. The Kier molecular flexibility index (Phi) is 7.41. The van der Waals surface area contributed by atoms with Crippen molar-refractivity contribution in [1.82, 2.24) is 9.97 Å². The Hall–Kier alpha value is -3.20. The highest BCUT2D eigenvalue weighted by molar-refractivity contribution is 6.33. The van der Waals surface area contributed by atoms with Crippen LogP contribution in [0.5, 0.6) is 0 Å². The number of aromatic nitrogens is 2. The number of carbonyl (C=O) groups is 2. The molecular weight excluding hydrogens is 423 g/mol. The maximum Gasteiger partial charge on any atom is 0.248 e. The number of benzene rings is 1. The van der Waals surface area contributed by atoms with Crippen molar-refractivity contribution in [3.8, 4) is 0 Å². The second-order valence-electron chi connectivity index (χ2n) is 7.30. The highest BCUT2D eigenvalue weighted by Gasteiger charge is 2.26. The number of halogens is 2. The van der Waals surface area contributed by atoms with Crippen LogP contribution in [0.3, 0.4) is 0 Å². The smallest absolute Gasteiger partial charge is 0.248 e. The minimum atomic E-state index is -0.501. The van der Waals surface area contributed by atoms with Crippen LogP contribution in [0.1, 0.15) is 32.6 Å². The summed E-state index contributed by atoms with van der Waals surface area (Å²) in [4.78, 5) is 32.0. The second-order valence-corrected chi connectivity index (χ2v) is 7.71. The minimum Gasteiger partial charge on any atom is -0.369 e. The Balaban J connectivity index is 1.78. The quantitative estimate of drug-likeness (QED) is 0.477. The van der Waals surface area contributed by atoms with E-state index in [0.717, 1.165) is 19.3 Å². The fraction of sp³-hybridized carbons (Fsp3) is 0.333. The van der Waals surface area contributed by atoms with Crippen molar-refractivity contribution in [2.75, 3.05) is 16.0 Å². The van der Waals surface area contributed by atoms with E-state index in [2.05, 4.69) is 25.9 Å². The average Bonchev–Trinajstić information content (AvgIpc) is 2.72. The van der Waals surface area contributed by atoms with Crippen molar-refractivity contribution < 1.29 is 14.0 Å². The van der Waals surface area contributed by atoms with E-state index >= 15 is 0 Å². The first-order chi connectivity index (χ1) is 14.9. The van der Waals surface area contributed by atoms with Gasteiger partial charge in [-0.3, -0.25) is 9.59 Å². The van der Waals surface area contributed by atoms with Crippen molar-refractivity contribution >= 4 is 46.6 Å². The summed E-state index contributed by atoms with van der Waals surface area (Å²) in [5.41, 5.74) is 6.10. The number of rotatable bonds is 7. The van der Waals surface area contributed by atoms with E-state index in [0.29, 0.717) is 18.1 Å². The Morgan fingerprint density at radius 2 is 2.10 bits per heavy atom. The van der Waals surface area contributed by atoms with Gasteiger partial charge < -0.3 is 21.7 Å². The number of carbonyl (C=O) groups excluding carboxylic acids is 2. The Labute approximate surface area is 184 Å². The number of hydrogen-bond donors (Lipinski definition) is 4. The first-order valence-corrected chi connectivity index (χ1v) is 10.3. The molecule has 0 bridgehead atoms. The summed E-state index contributed by atoms with van der Waals surface area (Å²) in [5.74, 6) is -0.737. The van der Waals surface area contributed by atoms with Crippen LogP contribution in [0.4, 0.5) is 27.5 Å². The molecule has 31 heavy (non-hydrogen) atoms. The van der Waals surface area contributed by atoms with E-state index in [1.807, 2.05) is 0 Å². The molecule has 3 rings (SSSR count). The standard InChI is InChI=1S/C21H24ClFN6O2/c1-2-4-18(30)27-17-10-13(23)7-8-16(17)28-20-15(22)11-25-21(29-20)26-14-6-3-5-12(9-14)19(24)31/h2,4,7-8,10-12,14H,3,5-6,9H2,1H3,(H2,24,31)(H,27,30)(H2,25,26,28,29)/b4-2-. The molecule has 1 aliphatic rings. The van der Waals surface area contributed by atoms with E-state index in [1.165, 1.54) is 30.5 Å². The predicted octanol–water partition coefficient (Wildman–Crippen LogP) is 3.98. The molecule has 1 heterocycles. The van der Waals surface area contributed by atoms with Gasteiger partial charge in [-0.15, -0.1) is 0 Å². The van der Waals surface area contributed by atoms with Gasteiger partial charge in [-0.25, -0.2) is 9.37 Å². The molecule has 1 aliphatic carbocycles. The molecule has 8 nitrogen and oxygen atoms in total. The predicted molar refractivity (Wildman–Crippen MR) is 119 cm³/mol. The first kappa shape index (κ1) is 22.5. The largest absolute Gasteiger partial charge is 0.369 e. The van der Waals surface area contributed by atoms with Crippen molar-refractivity contribution in [3.63, 3.8) is 0 Å². The van der Waals surface area contributed by atoms with E-state index < -0.39 is 11.7 Å². The highest BCUT2D eigenvalue weighted by Crippen LogP contribution is 2.31. The lowest BCUT2D eigenvalue weighted by atomic mass is 9.85. The summed E-state index contributed by atoms with van der Waals surface area (Å²) in [6, 6.07) is 3.95. The van der Waals surface area contributed by atoms with E-state index in [1.54, 1.807) is 13.0 Å². The second kappa shape index (κ2) is 10.2. The third-order valence-corrected chi connectivity index (χ3v) is 5.24. The number of anilines is 4. The number of nitrogens with zero attached hydrogens (tertiary/aromatic N) is 2. The molecule has 1 aromatic heterocycles. The maximum absolute atomic E-state index is 13.7. The Bertz CT molecular complexity index is 1000. The van der Waals surface area contributed by atoms with Crippen LogP contribution >= 0.6 is 11.6 Å². The third-order valence-electron chi connectivity index (χ3n) is 4.96. The maximum atomic E-state index is 13.7. The van der Waals surface area contributed by atoms with Gasteiger partial charge in [0, 0.05) is 12.0 Å². The SMILES string of the molecule is C/C=C\C(=O)Nc1cc(F)ccc1Nc1nc(NC2CCCC(C(N)=O)C2)ncc1Cl. The molecule has 1 aromatic carbocycles. The van der Waals surface area contributed by atoms with Gasteiger partial charge in [0.1, 0.15) is 10.8 Å². The fourth-order valence-corrected chi connectivity index (χ4v) is 3.61. The van der Waals surface area contributed by atoms with Gasteiger partial charge in [0.2, 0.25) is 17.8 Å². The summed E-state index contributed by atoms with van der Waals surface area (Å²) >= 11 is 6.24. The average molecular weight is 447 g/mol. The minimum absolute atomic E-state index is 0.0155. The molecule has 1 saturated carbocycles. The van der Waals surface area contributed by atoms with Gasteiger partial charge in [-0.2, -0.15) is 4.98 Å². The van der Waals surface area contributed by atoms with Crippen molar-refractivity contribution in [2.24, 2.45) is 11.7 Å². The highest BCUT2D eigenvalue weighted by atomic mass is 35.5. The van der Waals surface area contributed by atoms with E-state index in [9.17, 15) is 14.0 Å². The molecular formula is C21H24ClFN6O2. The van der Waals surface area contributed by atoms with Crippen LogP contribution in [0, 0.1) is 11.7 Å². The van der Waals surface area contributed by atoms with Crippen LogP contribution < -0.4 is 21.7 Å². The molecule has 1 fully saturated rings. The molecule has 2 unspecified atom stereocenters. The third kappa shape index (κ3) is 6.14. The number of primary amides is 1. The zero-order valence-corrected chi connectivity index (χ0v) is 17.7. The summed E-state index contributed by atoms with van der Waals surface area (Å²) < 4.78 is 13.7. The molecule has 2 atom stereocenters. The normalized spacial score (nSPS) is 18.5. The summed E-state index contributed by atoms with van der Waals surface area (Å²) in [7, 11) is 0. The number of nitrogens with one attached hydrogen (secondary N) is 3. The van der Waals surface area contributed by atoms with Crippen molar-refractivity contribution in [1.29, 1.82) is 0 Å². The molecule has 0 saturated heterocycles. The number of nitrogens with two attached hydrogens (primary N) is 1. The van der Waals surface area contributed by atoms with Gasteiger partial charge in [-0.1, -0.05) is 24.1 Å². The lowest BCUT2D eigenvalue weighted by molar-refractivity contribution is -0.122. The van der Waals surface area contributed by atoms with Gasteiger partial charge in [-0.05, 0) is 50.5 Å². The molecule has 164 valence electrons. The van der Waals surface area contributed by atoms with Crippen LogP contribution in [-0.4, -0.2) is 27.8 Å². The zero-order valence-electron chi connectivity index (χ0n) is 17.0. The van der Waals surface area contributed by atoms with Crippen LogP contribution in [-0.2, 0) is 9.59 Å². The van der Waals surface area contributed by atoms with Crippen LogP contribution in [0.2, 0.25) is 5.02 Å². The zero-order chi connectivity index (χ0) is 22.4. The lowest BCUT2D eigenvalue weighted by Crippen LogP contribution is -2.34. The van der Waals surface area contributed by atoms with Crippen LogP contribution in [0.25, 0.3) is 0 Å². The molecule has 0 spiro atoms. The summed E-state index contributed by atoms with van der Waals surface area (Å²) in [6.45, 7) is 1.71. The van der Waals surface area contributed by atoms with E-state index in [-0.39, 0.29) is 34.4 Å². The van der Waals surface area contributed by atoms with Gasteiger partial charge in [0.25, 0.3) is 0 Å². The van der Waals surface area contributed by atoms with E-state index in [4.69, 9.17) is 17.3 Å². The number of allylic oxidation sites excluding steroid dienone is 1. The van der Waals surface area contributed by atoms with Crippen molar-refractivity contribution in [3.05, 3.63) is 47.4 Å². The number of amides is 2. The lowest BCUT2D eigenvalue weighted by Gasteiger charge is -2.28. The monoisotopic (exact) mass is 446 g/mol. The van der Waals surface area contributed by atoms with Crippen molar-refractivity contribution in [2.45, 2.75) is 38.6 Å². The topological polar surface area (TPSA) is 122 Å². The molecule has 2 aromatic rings. The van der Waals surface area contributed by atoms with Gasteiger partial charge >= 0.3 is 0 Å². The summed E-state index contributed by atoms with van der Waals surface area (Å²) in [6.07, 6.45) is 7.51.